The van der Waals surface area contributed by atoms with E-state index in [0.29, 0.717) is 0 Å². The van der Waals surface area contributed by atoms with E-state index in [4.69, 9.17) is 0 Å². The van der Waals surface area contributed by atoms with Gasteiger partial charge in [0.1, 0.15) is 5.03 Å². The van der Waals surface area contributed by atoms with Gasteiger partial charge in [-0.05, 0) is 18.1 Å². The van der Waals surface area contributed by atoms with E-state index in [0.717, 1.165) is 33.3 Å². The third-order valence-electron chi connectivity index (χ3n) is 3.03. The SMILES string of the molecule is CSc1nc(SC)c2c(Cc3ccccc3)[nH]nc2n1. The van der Waals surface area contributed by atoms with Gasteiger partial charge in [-0.3, -0.25) is 5.10 Å². The summed E-state index contributed by atoms with van der Waals surface area (Å²) in [7, 11) is 0. The van der Waals surface area contributed by atoms with Crippen LogP contribution in [0.1, 0.15) is 11.3 Å². The average molecular weight is 302 g/mol. The van der Waals surface area contributed by atoms with Crippen molar-refractivity contribution in [1.29, 1.82) is 0 Å². The molecule has 0 aliphatic heterocycles. The Morgan fingerprint density at radius 1 is 1.05 bits per heavy atom. The van der Waals surface area contributed by atoms with Crippen LogP contribution < -0.4 is 0 Å². The molecule has 2 heterocycles. The highest BCUT2D eigenvalue weighted by molar-refractivity contribution is 7.99. The number of hydrogen-bond donors (Lipinski definition) is 1. The zero-order valence-electron chi connectivity index (χ0n) is 11.3. The Bertz CT molecular complexity index is 725. The molecule has 2 aromatic heterocycles. The van der Waals surface area contributed by atoms with Gasteiger partial charge in [-0.25, -0.2) is 9.97 Å². The minimum absolute atomic E-state index is 0.750. The van der Waals surface area contributed by atoms with Crippen molar-refractivity contribution in [3.63, 3.8) is 0 Å². The van der Waals surface area contributed by atoms with Gasteiger partial charge in [0.25, 0.3) is 0 Å². The molecule has 1 aromatic carbocycles. The lowest BCUT2D eigenvalue weighted by molar-refractivity contribution is 0.925. The first-order valence-corrected chi connectivity index (χ1v) is 8.63. The molecular weight excluding hydrogens is 288 g/mol. The fraction of sp³-hybridized carbons (Fsp3) is 0.214. The van der Waals surface area contributed by atoms with Crippen molar-refractivity contribution in [3.05, 3.63) is 41.6 Å². The van der Waals surface area contributed by atoms with Gasteiger partial charge in [0.15, 0.2) is 10.8 Å². The molecule has 0 aliphatic rings. The fourth-order valence-corrected chi connectivity index (χ4v) is 3.11. The first kappa shape index (κ1) is 13.5. The molecule has 0 fully saturated rings. The number of fused-ring (bicyclic) bond motifs is 1. The van der Waals surface area contributed by atoms with Crippen LogP contribution in [0.5, 0.6) is 0 Å². The maximum atomic E-state index is 4.57. The second-order valence-electron chi connectivity index (χ2n) is 4.28. The van der Waals surface area contributed by atoms with Crippen LogP contribution in [-0.2, 0) is 6.42 Å². The van der Waals surface area contributed by atoms with Crippen LogP contribution in [0, 0.1) is 0 Å². The van der Waals surface area contributed by atoms with Crippen LogP contribution in [0.4, 0.5) is 0 Å². The van der Waals surface area contributed by atoms with Crippen LogP contribution >= 0.6 is 23.5 Å². The molecule has 0 saturated heterocycles. The summed E-state index contributed by atoms with van der Waals surface area (Å²) in [4.78, 5) is 9.03. The smallest absolute Gasteiger partial charge is 0.190 e. The van der Waals surface area contributed by atoms with E-state index < -0.39 is 0 Å². The van der Waals surface area contributed by atoms with Crippen molar-refractivity contribution in [2.45, 2.75) is 16.6 Å². The highest BCUT2D eigenvalue weighted by Crippen LogP contribution is 2.28. The largest absolute Gasteiger partial charge is 0.279 e. The Kier molecular flexibility index (Phi) is 3.93. The number of thioether (sulfide) groups is 2. The molecule has 0 radical (unpaired) electrons. The van der Waals surface area contributed by atoms with Gasteiger partial charge < -0.3 is 0 Å². The lowest BCUT2D eigenvalue weighted by Gasteiger charge is -2.03. The summed E-state index contributed by atoms with van der Waals surface area (Å²) >= 11 is 3.17. The molecule has 0 aliphatic carbocycles. The number of aromatic amines is 1. The summed E-state index contributed by atoms with van der Waals surface area (Å²) in [5, 5.41) is 10.2. The van der Waals surface area contributed by atoms with E-state index in [1.807, 2.05) is 30.7 Å². The number of rotatable bonds is 4. The quantitative estimate of drug-likeness (QED) is 0.455. The third kappa shape index (κ3) is 2.53. The van der Waals surface area contributed by atoms with Crippen molar-refractivity contribution < 1.29 is 0 Å². The molecule has 0 spiro atoms. The van der Waals surface area contributed by atoms with Gasteiger partial charge in [0.2, 0.25) is 0 Å². The third-order valence-corrected chi connectivity index (χ3v) is 4.26. The first-order chi connectivity index (χ1) is 9.81. The van der Waals surface area contributed by atoms with Crippen LogP contribution in [0.15, 0.2) is 40.5 Å². The summed E-state index contributed by atoms with van der Waals surface area (Å²) in [5.74, 6) is 0. The molecule has 4 nitrogen and oxygen atoms in total. The molecule has 0 unspecified atom stereocenters. The molecule has 6 heteroatoms. The Labute approximate surface area is 125 Å². The van der Waals surface area contributed by atoms with Crippen molar-refractivity contribution in [3.8, 4) is 0 Å². The Morgan fingerprint density at radius 3 is 2.55 bits per heavy atom. The lowest BCUT2D eigenvalue weighted by Crippen LogP contribution is -1.93. The Balaban J connectivity index is 2.08. The Morgan fingerprint density at radius 2 is 1.85 bits per heavy atom. The van der Waals surface area contributed by atoms with Gasteiger partial charge >= 0.3 is 0 Å². The normalized spacial score (nSPS) is 11.1. The van der Waals surface area contributed by atoms with Crippen molar-refractivity contribution in [2.75, 3.05) is 12.5 Å². The van der Waals surface area contributed by atoms with E-state index in [1.165, 1.54) is 17.3 Å². The number of aromatic nitrogens is 4. The van der Waals surface area contributed by atoms with Gasteiger partial charge in [0, 0.05) is 6.42 Å². The van der Waals surface area contributed by atoms with Crippen LogP contribution in [-0.4, -0.2) is 32.7 Å². The molecule has 3 aromatic rings. The van der Waals surface area contributed by atoms with E-state index >= 15 is 0 Å². The number of hydrogen-bond acceptors (Lipinski definition) is 5. The summed E-state index contributed by atoms with van der Waals surface area (Å²) in [6.07, 6.45) is 4.82. The highest BCUT2D eigenvalue weighted by atomic mass is 32.2. The molecule has 1 N–H and O–H groups in total. The fourth-order valence-electron chi connectivity index (χ4n) is 2.10. The van der Waals surface area contributed by atoms with Crippen molar-refractivity contribution >= 4 is 34.6 Å². The van der Waals surface area contributed by atoms with Crippen LogP contribution in [0.3, 0.4) is 0 Å². The van der Waals surface area contributed by atoms with Gasteiger partial charge in [-0.15, -0.1) is 11.8 Å². The van der Waals surface area contributed by atoms with E-state index in [1.54, 1.807) is 11.8 Å². The second kappa shape index (κ2) is 5.85. The maximum Gasteiger partial charge on any atom is 0.190 e. The number of H-pyrrole nitrogens is 1. The molecule has 0 amide bonds. The minimum Gasteiger partial charge on any atom is -0.279 e. The minimum atomic E-state index is 0.750. The summed E-state index contributed by atoms with van der Waals surface area (Å²) in [6.45, 7) is 0. The Hall–Kier alpha value is -1.53. The van der Waals surface area contributed by atoms with Crippen molar-refractivity contribution in [1.82, 2.24) is 20.2 Å². The average Bonchev–Trinajstić information content (AvgIpc) is 2.90. The van der Waals surface area contributed by atoms with Gasteiger partial charge in [0.05, 0.1) is 11.1 Å². The molecule has 0 saturated carbocycles. The number of nitrogens with zero attached hydrogens (tertiary/aromatic N) is 3. The number of nitrogens with one attached hydrogen (secondary N) is 1. The monoisotopic (exact) mass is 302 g/mol. The molecule has 102 valence electrons. The summed E-state index contributed by atoms with van der Waals surface area (Å²) in [5.41, 5.74) is 3.07. The van der Waals surface area contributed by atoms with Gasteiger partial charge in [-0.1, -0.05) is 42.1 Å². The standard InChI is InChI=1S/C14H14N4S2/c1-19-13-11-10(8-9-6-4-3-5-7-9)17-18-12(11)15-14(16-13)20-2/h3-7H,8H2,1-2H3,(H,15,16,17,18). The topological polar surface area (TPSA) is 54.5 Å². The zero-order valence-corrected chi connectivity index (χ0v) is 12.9. The van der Waals surface area contributed by atoms with E-state index in [9.17, 15) is 0 Å². The molecule has 20 heavy (non-hydrogen) atoms. The first-order valence-electron chi connectivity index (χ1n) is 6.18. The summed E-state index contributed by atoms with van der Waals surface area (Å²) < 4.78 is 0. The highest BCUT2D eigenvalue weighted by Gasteiger charge is 2.14. The van der Waals surface area contributed by atoms with Crippen molar-refractivity contribution in [2.24, 2.45) is 0 Å². The van der Waals surface area contributed by atoms with Crippen LogP contribution in [0.25, 0.3) is 11.0 Å². The van der Waals surface area contributed by atoms with E-state index in [2.05, 4.69) is 32.3 Å². The molecule has 0 atom stereocenters. The van der Waals surface area contributed by atoms with Crippen LogP contribution in [0.2, 0.25) is 0 Å². The van der Waals surface area contributed by atoms with E-state index in [-0.39, 0.29) is 0 Å². The number of benzene rings is 1. The molecular formula is C14H14N4S2. The molecule has 0 bridgehead atoms. The lowest BCUT2D eigenvalue weighted by atomic mass is 10.1. The van der Waals surface area contributed by atoms with Gasteiger partial charge in [-0.2, -0.15) is 5.10 Å². The zero-order chi connectivity index (χ0) is 13.9. The predicted molar refractivity (Wildman–Crippen MR) is 84.5 cm³/mol. The summed E-state index contributed by atoms with van der Waals surface area (Å²) in [6, 6.07) is 10.3. The maximum absolute atomic E-state index is 4.57. The second-order valence-corrected chi connectivity index (χ2v) is 5.85. The molecule has 3 rings (SSSR count). The predicted octanol–water partition coefficient (Wildman–Crippen LogP) is 3.39.